The van der Waals surface area contributed by atoms with Crippen LogP contribution in [0.3, 0.4) is 0 Å². The van der Waals surface area contributed by atoms with Gasteiger partial charge >= 0.3 is 0 Å². The Morgan fingerprint density at radius 1 is 0.444 bits per heavy atom. The Morgan fingerprint density at radius 3 is 1.18 bits per heavy atom. The maximum Gasteiger partial charge on any atom is 0.220 e. The van der Waals surface area contributed by atoms with Crippen molar-refractivity contribution in [2.75, 3.05) is 19.8 Å². The van der Waals surface area contributed by atoms with Crippen LogP contribution in [0.1, 0.15) is 271 Å². The van der Waals surface area contributed by atoms with Gasteiger partial charge in [0.25, 0.3) is 0 Å². The van der Waals surface area contributed by atoms with E-state index in [0.29, 0.717) is 12.8 Å². The van der Waals surface area contributed by atoms with E-state index in [1.54, 1.807) is 0 Å². The number of aliphatic hydroxyl groups excluding tert-OH is 8. The van der Waals surface area contributed by atoms with E-state index >= 15 is 0 Å². The van der Waals surface area contributed by atoms with E-state index in [9.17, 15) is 45.6 Å². The number of unbranched alkanes of at least 4 members (excludes halogenated alkanes) is 36. The lowest BCUT2D eigenvalue weighted by molar-refractivity contribution is -0.359. The van der Waals surface area contributed by atoms with E-state index < -0.39 is 86.8 Å². The van der Waals surface area contributed by atoms with Crippen molar-refractivity contribution < 1.29 is 64.6 Å². The number of carbonyl (C=O) groups is 1. The third kappa shape index (κ3) is 30.7. The van der Waals surface area contributed by atoms with Gasteiger partial charge in [0.05, 0.1) is 32.0 Å². The molecule has 2 saturated heterocycles. The van der Waals surface area contributed by atoms with Gasteiger partial charge in [0.15, 0.2) is 12.6 Å². The van der Waals surface area contributed by atoms with Crippen LogP contribution in [0.15, 0.2) is 0 Å². The first kappa shape index (κ1) is 67.1. The van der Waals surface area contributed by atoms with Crippen LogP contribution in [0.5, 0.6) is 0 Å². The molecule has 1 amide bonds. The number of amides is 1. The summed E-state index contributed by atoms with van der Waals surface area (Å²) in [6.45, 7) is 2.90. The van der Waals surface area contributed by atoms with Gasteiger partial charge in [-0.3, -0.25) is 4.79 Å². The van der Waals surface area contributed by atoms with Crippen LogP contribution in [-0.2, 0) is 23.7 Å². The van der Waals surface area contributed by atoms with Crippen molar-refractivity contribution in [3.8, 4) is 0 Å². The molecule has 0 aliphatic carbocycles. The Bertz CT molecular complexity index is 1220. The molecule has 2 aliphatic rings. The SMILES string of the molecule is CCCCCCCCCCCCCCCCCCCCCCCCC(=O)N[C@@H](CO[C@@H]1O[C@H](CO)[C@@H](O[C@@H]2O[C@H](CO)[C@H](O)C(O)C2O)C(O)C1O)[C@H](O)CCCCCCCCCCCCCCCCCC. The summed E-state index contributed by atoms with van der Waals surface area (Å²) in [6, 6.07) is -0.822. The molecule has 2 fully saturated rings. The zero-order valence-electron chi connectivity index (χ0n) is 46.0. The fraction of sp³-hybridized carbons (Fsp3) is 0.983. The standard InChI is InChI=1S/C58H113NO13/c1-3-5-7-9-11-13-15-17-19-21-22-23-24-25-26-28-30-32-34-36-38-40-42-50(63)59-46(47(62)41-39-37-35-33-31-29-27-20-18-16-14-12-10-8-6-4-2)45-69-57-55(68)53(66)56(49(44-61)71-57)72-58-54(67)52(65)51(64)48(43-60)70-58/h46-49,51-58,60-62,64-68H,3-45H2,1-2H3,(H,59,63)/t46-,47+,48+,49+,51-,52?,53?,54?,55?,56+,57+,58-/m0/s1. The van der Waals surface area contributed by atoms with Crippen molar-refractivity contribution in [2.45, 2.75) is 344 Å². The first-order valence-electron chi connectivity index (χ1n) is 30.3. The molecule has 0 aromatic rings. The fourth-order valence-electron chi connectivity index (χ4n) is 10.4. The van der Waals surface area contributed by atoms with E-state index in [0.717, 1.165) is 51.4 Å². The fourth-order valence-corrected chi connectivity index (χ4v) is 10.4. The molecule has 0 spiro atoms. The molecule has 428 valence electrons. The minimum absolute atomic E-state index is 0.200. The summed E-state index contributed by atoms with van der Waals surface area (Å²) in [4.78, 5) is 13.3. The molecule has 2 heterocycles. The maximum atomic E-state index is 13.3. The highest BCUT2D eigenvalue weighted by molar-refractivity contribution is 5.76. The van der Waals surface area contributed by atoms with E-state index in [1.165, 1.54) is 193 Å². The van der Waals surface area contributed by atoms with Crippen LogP contribution in [0.4, 0.5) is 0 Å². The van der Waals surface area contributed by atoms with Gasteiger partial charge in [-0.15, -0.1) is 0 Å². The predicted octanol–water partition coefficient (Wildman–Crippen LogP) is 10.1. The van der Waals surface area contributed by atoms with Crippen LogP contribution < -0.4 is 5.32 Å². The molecule has 14 nitrogen and oxygen atoms in total. The number of carbonyl (C=O) groups excluding carboxylic acids is 1. The molecular formula is C58H113NO13. The van der Waals surface area contributed by atoms with Gasteiger partial charge < -0.3 is 65.1 Å². The molecule has 4 unspecified atom stereocenters. The van der Waals surface area contributed by atoms with E-state index in [-0.39, 0.29) is 12.5 Å². The quantitative estimate of drug-likeness (QED) is 0.0259. The highest BCUT2D eigenvalue weighted by Crippen LogP contribution is 2.30. The molecule has 0 aromatic heterocycles. The van der Waals surface area contributed by atoms with E-state index in [2.05, 4.69) is 19.2 Å². The number of aliphatic hydroxyl groups is 8. The van der Waals surface area contributed by atoms with Crippen LogP contribution in [-0.4, -0.2) is 140 Å². The lowest BCUT2D eigenvalue weighted by Crippen LogP contribution is -2.65. The second kappa shape index (κ2) is 45.1. The number of hydrogen-bond acceptors (Lipinski definition) is 13. The number of rotatable bonds is 49. The zero-order chi connectivity index (χ0) is 52.4. The maximum absolute atomic E-state index is 13.3. The molecule has 0 saturated carbocycles. The highest BCUT2D eigenvalue weighted by atomic mass is 16.7. The van der Waals surface area contributed by atoms with Gasteiger partial charge in [0.1, 0.15) is 48.8 Å². The molecule has 12 atom stereocenters. The third-order valence-corrected chi connectivity index (χ3v) is 15.3. The third-order valence-electron chi connectivity index (χ3n) is 15.3. The Balaban J connectivity index is 1.73. The Hall–Kier alpha value is -1.01. The summed E-state index contributed by atoms with van der Waals surface area (Å²) in [5.41, 5.74) is 0. The predicted molar refractivity (Wildman–Crippen MR) is 286 cm³/mol. The summed E-state index contributed by atoms with van der Waals surface area (Å²) in [6.07, 6.45) is 32.4. The Labute approximate surface area is 438 Å². The molecule has 0 radical (unpaired) electrons. The average Bonchev–Trinajstić information content (AvgIpc) is 3.38. The molecule has 2 rings (SSSR count). The smallest absolute Gasteiger partial charge is 0.220 e. The van der Waals surface area contributed by atoms with Crippen molar-refractivity contribution in [1.29, 1.82) is 0 Å². The van der Waals surface area contributed by atoms with Gasteiger partial charge in [-0.2, -0.15) is 0 Å². The van der Waals surface area contributed by atoms with E-state index in [1.807, 2.05) is 0 Å². The molecule has 72 heavy (non-hydrogen) atoms. The van der Waals surface area contributed by atoms with Crippen LogP contribution >= 0.6 is 0 Å². The summed E-state index contributed by atoms with van der Waals surface area (Å²) in [5, 5.41) is 87.2. The second-order valence-electron chi connectivity index (χ2n) is 21.8. The number of nitrogens with one attached hydrogen (secondary N) is 1. The van der Waals surface area contributed by atoms with Gasteiger partial charge in [0, 0.05) is 6.42 Å². The van der Waals surface area contributed by atoms with Crippen molar-refractivity contribution in [3.05, 3.63) is 0 Å². The highest BCUT2D eigenvalue weighted by Gasteiger charge is 2.51. The molecule has 14 heteroatoms. The summed E-state index contributed by atoms with van der Waals surface area (Å²) < 4.78 is 22.8. The largest absolute Gasteiger partial charge is 0.394 e. The van der Waals surface area contributed by atoms with Crippen molar-refractivity contribution in [3.63, 3.8) is 0 Å². The Kier molecular flexibility index (Phi) is 42.0. The number of hydrogen-bond donors (Lipinski definition) is 9. The first-order chi connectivity index (χ1) is 35.1. The average molecular weight is 1030 g/mol. The monoisotopic (exact) mass is 1030 g/mol. The van der Waals surface area contributed by atoms with Gasteiger partial charge in [-0.05, 0) is 12.8 Å². The van der Waals surface area contributed by atoms with Gasteiger partial charge in [0.2, 0.25) is 5.91 Å². The first-order valence-corrected chi connectivity index (χ1v) is 30.3. The molecule has 9 N–H and O–H groups in total. The lowest BCUT2D eigenvalue weighted by Gasteiger charge is -2.46. The molecule has 2 aliphatic heterocycles. The van der Waals surface area contributed by atoms with Crippen molar-refractivity contribution in [2.24, 2.45) is 0 Å². The van der Waals surface area contributed by atoms with E-state index in [4.69, 9.17) is 18.9 Å². The van der Waals surface area contributed by atoms with Crippen molar-refractivity contribution >= 4 is 5.91 Å². The van der Waals surface area contributed by atoms with Crippen molar-refractivity contribution in [1.82, 2.24) is 5.32 Å². The summed E-state index contributed by atoms with van der Waals surface area (Å²) in [5.74, 6) is -0.200. The van der Waals surface area contributed by atoms with Crippen LogP contribution in [0.25, 0.3) is 0 Å². The topological polar surface area (TPSA) is 228 Å². The second-order valence-corrected chi connectivity index (χ2v) is 21.8. The lowest BCUT2D eigenvalue weighted by atomic mass is 9.97. The molecule has 0 bridgehead atoms. The van der Waals surface area contributed by atoms with Gasteiger partial charge in [-0.25, -0.2) is 0 Å². The Morgan fingerprint density at radius 2 is 0.792 bits per heavy atom. The summed E-state index contributed by atoms with van der Waals surface area (Å²) >= 11 is 0. The van der Waals surface area contributed by atoms with Crippen LogP contribution in [0, 0.1) is 0 Å². The molecular weight excluding hydrogens is 919 g/mol. The minimum Gasteiger partial charge on any atom is -0.394 e. The van der Waals surface area contributed by atoms with Crippen LogP contribution in [0.2, 0.25) is 0 Å². The normalized spacial score (nSPS) is 25.5. The van der Waals surface area contributed by atoms with Gasteiger partial charge in [-0.1, -0.05) is 251 Å². The summed E-state index contributed by atoms with van der Waals surface area (Å²) in [7, 11) is 0. The molecule has 0 aromatic carbocycles. The zero-order valence-corrected chi connectivity index (χ0v) is 46.0. The number of ether oxygens (including phenoxy) is 4. The minimum atomic E-state index is -1.78.